The summed E-state index contributed by atoms with van der Waals surface area (Å²) in [7, 11) is 0. The summed E-state index contributed by atoms with van der Waals surface area (Å²) in [5.41, 5.74) is 6.08. The fourth-order valence-electron chi connectivity index (χ4n) is 2.25. The predicted octanol–water partition coefficient (Wildman–Crippen LogP) is 0.288. The molecule has 0 radical (unpaired) electrons. The summed E-state index contributed by atoms with van der Waals surface area (Å²) >= 11 is 0. The Balaban J connectivity index is 2.83. The molecule has 1 aromatic carbocycles. The van der Waals surface area contributed by atoms with Crippen LogP contribution in [0, 0.1) is 5.92 Å². The quantitative estimate of drug-likeness (QED) is 0.517. The van der Waals surface area contributed by atoms with E-state index in [-0.39, 0.29) is 18.9 Å². The standard InChI is InChI=1S/C17H25N3O4/c1-3-11(2)15(20-14(21)10-18)16(22)19-13(17(23)24)9-12-7-5-4-6-8-12/h4-8,11,13,15H,3,9-10,18H2,1-2H3,(H,19,22)(H,20,21)(H,23,24)/t11-,13-,15+/m0/s1. The zero-order valence-electron chi connectivity index (χ0n) is 14.0. The maximum atomic E-state index is 12.5. The zero-order valence-corrected chi connectivity index (χ0v) is 14.0. The molecular weight excluding hydrogens is 310 g/mol. The molecular formula is C17H25N3O4. The zero-order chi connectivity index (χ0) is 18.1. The number of hydrogen-bond acceptors (Lipinski definition) is 4. The fourth-order valence-corrected chi connectivity index (χ4v) is 2.25. The van der Waals surface area contributed by atoms with Crippen molar-refractivity contribution in [3.05, 3.63) is 35.9 Å². The molecule has 0 spiro atoms. The van der Waals surface area contributed by atoms with E-state index >= 15 is 0 Å². The third-order valence-electron chi connectivity index (χ3n) is 3.89. The first-order chi connectivity index (χ1) is 11.4. The van der Waals surface area contributed by atoms with Crippen LogP contribution in [0.2, 0.25) is 0 Å². The van der Waals surface area contributed by atoms with Crippen LogP contribution >= 0.6 is 0 Å². The summed E-state index contributed by atoms with van der Waals surface area (Å²) in [6.07, 6.45) is 0.819. The van der Waals surface area contributed by atoms with Gasteiger partial charge in [0, 0.05) is 6.42 Å². The lowest BCUT2D eigenvalue weighted by Gasteiger charge is -2.25. The molecule has 1 rings (SSSR count). The van der Waals surface area contributed by atoms with Crippen LogP contribution in [0.3, 0.4) is 0 Å². The third-order valence-corrected chi connectivity index (χ3v) is 3.89. The van der Waals surface area contributed by atoms with Crippen LogP contribution in [0.15, 0.2) is 30.3 Å². The van der Waals surface area contributed by atoms with E-state index in [1.807, 2.05) is 19.9 Å². The van der Waals surface area contributed by atoms with Gasteiger partial charge in [0.2, 0.25) is 11.8 Å². The number of carbonyl (C=O) groups excluding carboxylic acids is 2. The van der Waals surface area contributed by atoms with Gasteiger partial charge in [0.25, 0.3) is 0 Å². The van der Waals surface area contributed by atoms with Crippen molar-refractivity contribution in [3.63, 3.8) is 0 Å². The Kier molecular flexibility index (Phi) is 7.91. The number of amides is 2. The number of nitrogens with one attached hydrogen (secondary N) is 2. The van der Waals surface area contributed by atoms with E-state index in [1.165, 1.54) is 0 Å². The van der Waals surface area contributed by atoms with Crippen molar-refractivity contribution in [1.29, 1.82) is 0 Å². The molecule has 0 unspecified atom stereocenters. The fraction of sp³-hybridized carbons (Fsp3) is 0.471. The van der Waals surface area contributed by atoms with Crippen molar-refractivity contribution in [2.24, 2.45) is 11.7 Å². The second kappa shape index (κ2) is 9.67. The Labute approximate surface area is 141 Å². The van der Waals surface area contributed by atoms with Gasteiger partial charge in [-0.1, -0.05) is 50.6 Å². The average Bonchev–Trinajstić information content (AvgIpc) is 2.58. The van der Waals surface area contributed by atoms with E-state index < -0.39 is 29.9 Å². The van der Waals surface area contributed by atoms with Gasteiger partial charge in [0.1, 0.15) is 12.1 Å². The Morgan fingerprint density at radius 2 is 1.79 bits per heavy atom. The van der Waals surface area contributed by atoms with Crippen molar-refractivity contribution >= 4 is 17.8 Å². The first-order valence-electron chi connectivity index (χ1n) is 7.95. The molecule has 0 aromatic heterocycles. The second-order valence-electron chi connectivity index (χ2n) is 5.72. The molecule has 1 aromatic rings. The number of carbonyl (C=O) groups is 3. The summed E-state index contributed by atoms with van der Waals surface area (Å²) in [4.78, 5) is 35.5. The van der Waals surface area contributed by atoms with Crippen LogP contribution < -0.4 is 16.4 Å². The molecule has 5 N–H and O–H groups in total. The number of carboxylic acid groups (broad SMARTS) is 1. The van der Waals surface area contributed by atoms with Gasteiger partial charge in [0.15, 0.2) is 0 Å². The minimum atomic E-state index is -1.12. The van der Waals surface area contributed by atoms with Gasteiger partial charge in [-0.05, 0) is 11.5 Å². The molecule has 7 nitrogen and oxygen atoms in total. The summed E-state index contributed by atoms with van der Waals surface area (Å²) in [6.45, 7) is 3.47. The minimum Gasteiger partial charge on any atom is -0.480 e. The number of aliphatic carboxylic acids is 1. The molecule has 0 aliphatic rings. The van der Waals surface area contributed by atoms with E-state index in [9.17, 15) is 19.5 Å². The van der Waals surface area contributed by atoms with E-state index in [1.54, 1.807) is 24.3 Å². The van der Waals surface area contributed by atoms with E-state index in [0.717, 1.165) is 5.56 Å². The van der Waals surface area contributed by atoms with Crippen LogP contribution in [-0.2, 0) is 20.8 Å². The maximum absolute atomic E-state index is 12.5. The molecule has 0 fully saturated rings. The molecule has 2 amide bonds. The first-order valence-corrected chi connectivity index (χ1v) is 7.95. The van der Waals surface area contributed by atoms with E-state index in [2.05, 4.69) is 10.6 Å². The lowest BCUT2D eigenvalue weighted by Crippen LogP contribution is -2.55. The summed E-state index contributed by atoms with van der Waals surface area (Å²) in [5, 5.41) is 14.4. The van der Waals surface area contributed by atoms with Crippen molar-refractivity contribution in [2.45, 2.75) is 38.8 Å². The van der Waals surface area contributed by atoms with Gasteiger partial charge in [-0.2, -0.15) is 0 Å². The highest BCUT2D eigenvalue weighted by Crippen LogP contribution is 2.10. The topological polar surface area (TPSA) is 122 Å². The highest BCUT2D eigenvalue weighted by molar-refractivity contribution is 5.91. The molecule has 0 saturated heterocycles. The lowest BCUT2D eigenvalue weighted by atomic mass is 9.97. The van der Waals surface area contributed by atoms with Gasteiger partial charge in [-0.25, -0.2) is 4.79 Å². The monoisotopic (exact) mass is 335 g/mol. The number of rotatable bonds is 9. The van der Waals surface area contributed by atoms with Gasteiger partial charge in [-0.3, -0.25) is 9.59 Å². The van der Waals surface area contributed by atoms with Crippen molar-refractivity contribution in [3.8, 4) is 0 Å². The predicted molar refractivity (Wildman–Crippen MR) is 90.2 cm³/mol. The van der Waals surface area contributed by atoms with Crippen LogP contribution in [0.25, 0.3) is 0 Å². The van der Waals surface area contributed by atoms with Crippen molar-refractivity contribution in [1.82, 2.24) is 10.6 Å². The van der Waals surface area contributed by atoms with Crippen molar-refractivity contribution < 1.29 is 19.5 Å². The van der Waals surface area contributed by atoms with Crippen LogP contribution in [0.5, 0.6) is 0 Å². The minimum absolute atomic E-state index is 0.147. The van der Waals surface area contributed by atoms with Gasteiger partial charge < -0.3 is 21.5 Å². The lowest BCUT2D eigenvalue weighted by molar-refractivity contribution is -0.142. The average molecular weight is 335 g/mol. The van der Waals surface area contributed by atoms with Crippen LogP contribution in [0.1, 0.15) is 25.8 Å². The summed E-state index contributed by atoms with van der Waals surface area (Å²) < 4.78 is 0. The largest absolute Gasteiger partial charge is 0.480 e. The molecule has 0 aliphatic heterocycles. The Bertz CT molecular complexity index is 562. The van der Waals surface area contributed by atoms with Gasteiger partial charge >= 0.3 is 5.97 Å². The summed E-state index contributed by atoms with van der Waals surface area (Å²) in [6, 6.07) is 7.15. The highest BCUT2D eigenvalue weighted by Gasteiger charge is 2.29. The van der Waals surface area contributed by atoms with Gasteiger partial charge in [-0.15, -0.1) is 0 Å². The molecule has 0 saturated carbocycles. The number of benzene rings is 1. The molecule has 7 heteroatoms. The normalized spacial score (nSPS) is 14.3. The molecule has 0 bridgehead atoms. The smallest absolute Gasteiger partial charge is 0.326 e. The van der Waals surface area contributed by atoms with E-state index in [0.29, 0.717) is 6.42 Å². The molecule has 24 heavy (non-hydrogen) atoms. The Morgan fingerprint density at radius 1 is 1.17 bits per heavy atom. The second-order valence-corrected chi connectivity index (χ2v) is 5.72. The molecule has 0 aliphatic carbocycles. The SMILES string of the molecule is CC[C@H](C)[C@@H](NC(=O)CN)C(=O)N[C@@H](Cc1ccccc1)C(=O)O. The molecule has 132 valence electrons. The number of carboxylic acids is 1. The van der Waals surface area contributed by atoms with Crippen molar-refractivity contribution in [2.75, 3.05) is 6.54 Å². The number of hydrogen-bond donors (Lipinski definition) is 4. The summed E-state index contributed by atoms with van der Waals surface area (Å²) in [5.74, 6) is -2.24. The van der Waals surface area contributed by atoms with Crippen LogP contribution in [-0.4, -0.2) is 41.5 Å². The third kappa shape index (κ3) is 6.00. The van der Waals surface area contributed by atoms with E-state index in [4.69, 9.17) is 5.73 Å². The maximum Gasteiger partial charge on any atom is 0.326 e. The highest BCUT2D eigenvalue weighted by atomic mass is 16.4. The first kappa shape index (κ1) is 19.6. The van der Waals surface area contributed by atoms with Gasteiger partial charge in [0.05, 0.1) is 6.54 Å². The van der Waals surface area contributed by atoms with Crippen LogP contribution in [0.4, 0.5) is 0 Å². The Morgan fingerprint density at radius 3 is 2.29 bits per heavy atom. The number of nitrogens with two attached hydrogens (primary N) is 1. The molecule has 3 atom stereocenters. The molecule has 0 heterocycles. The Hall–Kier alpha value is -2.41.